The molecular formula is C37H35BF12O6. The maximum atomic E-state index is 14.2. The molecule has 0 aliphatic rings. The van der Waals surface area contributed by atoms with Crippen LogP contribution in [0.15, 0.2) is 60.7 Å². The van der Waals surface area contributed by atoms with Crippen molar-refractivity contribution >= 4 is 19.6 Å². The Morgan fingerprint density at radius 3 is 1.32 bits per heavy atom. The molecule has 0 bridgehead atoms. The fourth-order valence-electron chi connectivity index (χ4n) is 5.42. The molecule has 0 aliphatic heterocycles. The van der Waals surface area contributed by atoms with Gasteiger partial charge >= 0.3 is 30.7 Å². The Kier molecular flexibility index (Phi) is 12.8. The van der Waals surface area contributed by atoms with Gasteiger partial charge in [0, 0.05) is 22.1 Å². The lowest BCUT2D eigenvalue weighted by atomic mass is 9.71. The fraction of sp³-hybridized carbons (Fsp3) is 0.459. The van der Waals surface area contributed by atoms with Gasteiger partial charge in [-0.1, -0.05) is 58.3 Å². The van der Waals surface area contributed by atoms with Crippen LogP contribution in [0.4, 0.5) is 52.7 Å². The van der Waals surface area contributed by atoms with Crippen molar-refractivity contribution in [3.63, 3.8) is 0 Å². The van der Waals surface area contributed by atoms with Crippen molar-refractivity contribution in [3.8, 4) is 22.6 Å². The highest BCUT2D eigenvalue weighted by Crippen LogP contribution is 2.55. The first kappa shape index (κ1) is 46.1. The molecule has 306 valence electrons. The minimum atomic E-state index is -6.62. The number of esters is 1. The van der Waals surface area contributed by atoms with Gasteiger partial charge in [0.1, 0.15) is 17.1 Å². The van der Waals surface area contributed by atoms with E-state index in [9.17, 15) is 72.5 Å². The average molecular weight is 814 g/mol. The Bertz CT molecular complexity index is 1860. The molecule has 1 unspecified atom stereocenters. The zero-order valence-electron chi connectivity index (χ0n) is 30.2. The Morgan fingerprint density at radius 1 is 0.589 bits per heavy atom. The summed E-state index contributed by atoms with van der Waals surface area (Å²) in [5.74, 6) is -4.78. The SMILES string of the molecule is [B]CC(C)(CC)C(=O)c1ccc(C(=O)Oc2ccc(-c3ccc(OC(C)(CC)CC)c(C(O)(C(F)(F)F)C(F)(F)F)c3)cc2C(O)(C(F)(F)F)C(F)(F)F)cc1. The first-order valence-electron chi connectivity index (χ1n) is 16.7. The van der Waals surface area contributed by atoms with Crippen LogP contribution in [0.5, 0.6) is 11.5 Å². The first-order valence-corrected chi connectivity index (χ1v) is 16.7. The summed E-state index contributed by atoms with van der Waals surface area (Å²) in [5, 5.41) is 20.8. The van der Waals surface area contributed by atoms with Gasteiger partial charge in [-0.05, 0) is 73.7 Å². The average Bonchev–Trinajstić information content (AvgIpc) is 3.11. The lowest BCUT2D eigenvalue weighted by molar-refractivity contribution is -0.377. The minimum Gasteiger partial charge on any atom is -0.487 e. The normalized spacial score (nSPS) is 14.6. The quantitative estimate of drug-likeness (QED) is 0.0587. The lowest BCUT2D eigenvalue weighted by Gasteiger charge is -2.36. The molecule has 3 aromatic rings. The Labute approximate surface area is 314 Å². The molecule has 1 atom stereocenters. The number of ether oxygens (including phenoxy) is 2. The maximum Gasteiger partial charge on any atom is 0.430 e. The van der Waals surface area contributed by atoms with Crippen LogP contribution in [-0.2, 0) is 11.2 Å². The highest BCUT2D eigenvalue weighted by atomic mass is 19.4. The van der Waals surface area contributed by atoms with E-state index in [1.165, 1.54) is 20.8 Å². The molecule has 0 aliphatic carbocycles. The fourth-order valence-corrected chi connectivity index (χ4v) is 5.42. The van der Waals surface area contributed by atoms with Crippen molar-refractivity contribution in [2.24, 2.45) is 5.41 Å². The smallest absolute Gasteiger partial charge is 0.430 e. The van der Waals surface area contributed by atoms with E-state index in [1.54, 1.807) is 13.8 Å². The van der Waals surface area contributed by atoms with Crippen molar-refractivity contribution < 1.29 is 82.0 Å². The number of Topliss-reactive ketones (excluding diaryl/α,β-unsaturated/α-hetero) is 1. The van der Waals surface area contributed by atoms with Gasteiger partial charge in [0.2, 0.25) is 0 Å². The van der Waals surface area contributed by atoms with Crippen molar-refractivity contribution in [2.75, 3.05) is 0 Å². The van der Waals surface area contributed by atoms with E-state index in [4.69, 9.17) is 17.3 Å². The number of hydrogen-bond acceptors (Lipinski definition) is 6. The van der Waals surface area contributed by atoms with Crippen LogP contribution in [0, 0.1) is 5.41 Å². The summed E-state index contributed by atoms with van der Waals surface area (Å²) >= 11 is 0. The van der Waals surface area contributed by atoms with E-state index in [0.717, 1.165) is 24.3 Å². The number of rotatable bonds is 13. The van der Waals surface area contributed by atoms with E-state index >= 15 is 0 Å². The highest BCUT2D eigenvalue weighted by Gasteiger charge is 2.73. The predicted molar refractivity (Wildman–Crippen MR) is 178 cm³/mol. The molecule has 0 heterocycles. The second kappa shape index (κ2) is 15.6. The lowest BCUT2D eigenvalue weighted by Crippen LogP contribution is -2.54. The summed E-state index contributed by atoms with van der Waals surface area (Å²) < 4.78 is 181. The molecule has 19 heteroatoms. The van der Waals surface area contributed by atoms with Gasteiger partial charge in [0.25, 0.3) is 11.2 Å². The van der Waals surface area contributed by atoms with Gasteiger partial charge in [0.15, 0.2) is 5.78 Å². The van der Waals surface area contributed by atoms with Crippen LogP contribution in [-0.4, -0.2) is 60.1 Å². The summed E-state index contributed by atoms with van der Waals surface area (Å²) in [5.41, 5.74) is -20.5. The van der Waals surface area contributed by atoms with E-state index in [2.05, 4.69) is 0 Å². The summed E-state index contributed by atoms with van der Waals surface area (Å²) in [6, 6.07) is 6.17. The number of carbonyl (C=O) groups is 2. The first-order chi connectivity index (χ1) is 25.4. The van der Waals surface area contributed by atoms with Gasteiger partial charge in [-0.15, -0.1) is 0 Å². The molecule has 2 N–H and O–H groups in total. The zero-order valence-corrected chi connectivity index (χ0v) is 30.2. The second-order valence-electron chi connectivity index (χ2n) is 13.5. The molecule has 0 aromatic heterocycles. The van der Waals surface area contributed by atoms with Crippen LogP contribution in [0.1, 0.15) is 85.7 Å². The molecule has 0 fully saturated rings. The second-order valence-corrected chi connectivity index (χ2v) is 13.5. The molecule has 3 rings (SSSR count). The monoisotopic (exact) mass is 814 g/mol. The van der Waals surface area contributed by atoms with Crippen LogP contribution in [0.2, 0.25) is 6.32 Å². The number of benzene rings is 3. The van der Waals surface area contributed by atoms with Gasteiger partial charge in [-0.25, -0.2) is 4.79 Å². The number of halogens is 12. The Balaban J connectivity index is 2.33. The predicted octanol–water partition coefficient (Wildman–Crippen LogP) is 10.3. The number of carbonyl (C=O) groups excluding carboxylic acids is 2. The Hall–Kier alpha value is -4.26. The molecule has 6 nitrogen and oxygen atoms in total. The van der Waals surface area contributed by atoms with Gasteiger partial charge in [-0.3, -0.25) is 4.79 Å². The Morgan fingerprint density at radius 2 is 0.964 bits per heavy atom. The minimum absolute atomic E-state index is 0.0180. The molecule has 56 heavy (non-hydrogen) atoms. The highest BCUT2D eigenvalue weighted by molar-refractivity contribution is 6.13. The summed E-state index contributed by atoms with van der Waals surface area (Å²) in [6.45, 7) is 7.54. The van der Waals surface area contributed by atoms with E-state index in [0.29, 0.717) is 30.7 Å². The van der Waals surface area contributed by atoms with E-state index < -0.39 is 98.0 Å². The topological polar surface area (TPSA) is 93.1 Å². The third-order valence-corrected chi connectivity index (χ3v) is 9.93. The van der Waals surface area contributed by atoms with Crippen LogP contribution >= 0.6 is 0 Å². The standard InChI is InChI=1S/C37H35BF12O6/c1-6-30(4,19-38)28(51)20-9-11-21(12-10-20)29(52)55-26-15-13-22(17-24(26)32(53,34(39,40)41)35(42,43)44)23-14-16-27(56-31(5,7-2)8-3)25(18-23)33(54,36(45,46)47)37(48,49)50/h9-18,53-54H,6-8,19H2,1-5H3. The maximum absolute atomic E-state index is 14.2. The number of aliphatic hydroxyl groups is 2. The summed E-state index contributed by atoms with van der Waals surface area (Å²) in [7, 11) is 5.70. The van der Waals surface area contributed by atoms with E-state index in [-0.39, 0.29) is 36.9 Å². The van der Waals surface area contributed by atoms with Crippen LogP contribution in [0.3, 0.4) is 0 Å². The van der Waals surface area contributed by atoms with Crippen molar-refractivity contribution in [3.05, 3.63) is 82.9 Å². The van der Waals surface area contributed by atoms with Crippen molar-refractivity contribution in [2.45, 2.75) is 102 Å². The molecule has 0 saturated heterocycles. The van der Waals surface area contributed by atoms with Crippen LogP contribution < -0.4 is 9.47 Å². The van der Waals surface area contributed by atoms with E-state index in [1.807, 2.05) is 0 Å². The largest absolute Gasteiger partial charge is 0.487 e. The van der Waals surface area contributed by atoms with Crippen molar-refractivity contribution in [1.82, 2.24) is 0 Å². The number of hydrogen-bond donors (Lipinski definition) is 2. The molecule has 3 aromatic carbocycles. The molecule has 0 spiro atoms. The molecule has 2 radical (unpaired) electrons. The van der Waals surface area contributed by atoms with Gasteiger partial charge in [-0.2, -0.15) is 52.7 Å². The van der Waals surface area contributed by atoms with Crippen molar-refractivity contribution in [1.29, 1.82) is 0 Å². The summed E-state index contributed by atoms with van der Waals surface area (Å²) in [4.78, 5) is 26.0. The third-order valence-electron chi connectivity index (χ3n) is 9.93. The zero-order chi connectivity index (χ0) is 43.1. The van der Waals surface area contributed by atoms with Crippen LogP contribution in [0.25, 0.3) is 11.1 Å². The molecule has 0 saturated carbocycles. The number of ketones is 1. The van der Waals surface area contributed by atoms with Gasteiger partial charge < -0.3 is 19.7 Å². The molecule has 0 amide bonds. The third kappa shape index (κ3) is 8.38. The number of alkyl halides is 12. The molecular weight excluding hydrogens is 779 g/mol. The summed E-state index contributed by atoms with van der Waals surface area (Å²) in [6.07, 6.45) is -26.0. The van der Waals surface area contributed by atoms with Gasteiger partial charge in [0.05, 0.1) is 13.4 Å².